The van der Waals surface area contributed by atoms with Crippen LogP contribution in [0, 0.1) is 19.3 Å². The smallest absolute Gasteiger partial charge is 0.148 e. The molecule has 0 aliphatic carbocycles. The molecule has 0 aromatic heterocycles. The molecule has 2 aromatic carbocycles. The molecule has 21 heavy (non-hydrogen) atoms. The molecule has 0 spiro atoms. The van der Waals surface area contributed by atoms with Crippen molar-refractivity contribution in [3.63, 3.8) is 0 Å². The molecular formula is C17H15BrClNO. The van der Waals surface area contributed by atoms with Gasteiger partial charge in [0.2, 0.25) is 0 Å². The molecule has 0 fully saturated rings. The zero-order valence-electron chi connectivity index (χ0n) is 11.6. The Kier molecular flexibility index (Phi) is 5.55. The number of nitrogens with one attached hydrogen (secondary N) is 1. The molecule has 0 saturated heterocycles. The number of ether oxygens (including phenoxy) is 1. The number of terminal acetylenes is 1. The Bertz CT molecular complexity index is 679. The molecule has 1 N–H and O–H groups in total. The van der Waals surface area contributed by atoms with Crippen molar-refractivity contribution in [3.8, 4) is 18.1 Å². The number of anilines is 1. The van der Waals surface area contributed by atoms with E-state index in [1.807, 2.05) is 43.3 Å². The number of rotatable bonds is 5. The van der Waals surface area contributed by atoms with Crippen molar-refractivity contribution in [2.45, 2.75) is 13.5 Å². The summed E-state index contributed by atoms with van der Waals surface area (Å²) in [5.74, 6) is 3.26. The van der Waals surface area contributed by atoms with Gasteiger partial charge in [-0.3, -0.25) is 0 Å². The molecule has 0 aliphatic rings. The second-order valence-corrected chi connectivity index (χ2v) is 5.83. The number of benzene rings is 2. The Balaban J connectivity index is 2.17. The van der Waals surface area contributed by atoms with Crippen molar-refractivity contribution < 1.29 is 4.74 Å². The standard InChI is InChI=1S/C17H15BrClNO/c1-3-9-21-17-8-7-14(18)10-13(17)11-20-16-6-4-5-15(19)12(16)2/h1,4-8,10,20H,9,11H2,2H3. The third-order valence-corrected chi connectivity index (χ3v) is 3.97. The van der Waals surface area contributed by atoms with Gasteiger partial charge in [-0.15, -0.1) is 6.42 Å². The van der Waals surface area contributed by atoms with Crippen LogP contribution < -0.4 is 10.1 Å². The number of hydrogen-bond donors (Lipinski definition) is 1. The first kappa shape index (κ1) is 15.8. The second-order valence-electron chi connectivity index (χ2n) is 4.51. The van der Waals surface area contributed by atoms with Crippen LogP contribution in [-0.2, 0) is 6.54 Å². The SMILES string of the molecule is C#CCOc1ccc(Br)cc1CNc1cccc(Cl)c1C. The van der Waals surface area contributed by atoms with Gasteiger partial charge in [-0.1, -0.05) is 39.5 Å². The molecule has 2 rings (SSSR count). The molecule has 0 aliphatic heterocycles. The van der Waals surface area contributed by atoms with Crippen LogP contribution in [0.3, 0.4) is 0 Å². The zero-order chi connectivity index (χ0) is 15.2. The van der Waals surface area contributed by atoms with Crippen molar-refractivity contribution in [1.29, 1.82) is 0 Å². The number of hydrogen-bond acceptors (Lipinski definition) is 2. The Morgan fingerprint density at radius 2 is 2.14 bits per heavy atom. The minimum atomic E-state index is 0.255. The highest BCUT2D eigenvalue weighted by molar-refractivity contribution is 9.10. The molecule has 0 bridgehead atoms. The van der Waals surface area contributed by atoms with E-state index < -0.39 is 0 Å². The van der Waals surface area contributed by atoms with Crippen LogP contribution in [0.4, 0.5) is 5.69 Å². The fourth-order valence-electron chi connectivity index (χ4n) is 1.94. The molecule has 0 radical (unpaired) electrons. The van der Waals surface area contributed by atoms with E-state index in [1.165, 1.54) is 0 Å². The molecule has 4 heteroatoms. The molecule has 108 valence electrons. The predicted molar refractivity (Wildman–Crippen MR) is 92.0 cm³/mol. The Morgan fingerprint density at radius 3 is 2.90 bits per heavy atom. The summed E-state index contributed by atoms with van der Waals surface area (Å²) in [6, 6.07) is 11.7. The minimum Gasteiger partial charge on any atom is -0.481 e. The van der Waals surface area contributed by atoms with E-state index in [0.29, 0.717) is 6.54 Å². The Labute approximate surface area is 138 Å². The zero-order valence-corrected chi connectivity index (χ0v) is 14.0. The van der Waals surface area contributed by atoms with E-state index in [-0.39, 0.29) is 6.61 Å². The van der Waals surface area contributed by atoms with Crippen LogP contribution in [0.15, 0.2) is 40.9 Å². The average molecular weight is 365 g/mol. The molecular weight excluding hydrogens is 350 g/mol. The van der Waals surface area contributed by atoms with Crippen LogP contribution in [0.1, 0.15) is 11.1 Å². The summed E-state index contributed by atoms with van der Waals surface area (Å²) in [4.78, 5) is 0. The lowest BCUT2D eigenvalue weighted by Gasteiger charge is -2.14. The van der Waals surface area contributed by atoms with Gasteiger partial charge in [0.15, 0.2) is 0 Å². The van der Waals surface area contributed by atoms with E-state index in [2.05, 4.69) is 27.2 Å². The van der Waals surface area contributed by atoms with Gasteiger partial charge in [-0.25, -0.2) is 0 Å². The largest absolute Gasteiger partial charge is 0.481 e. The minimum absolute atomic E-state index is 0.255. The Morgan fingerprint density at radius 1 is 1.33 bits per heavy atom. The highest BCUT2D eigenvalue weighted by Gasteiger charge is 2.06. The lowest BCUT2D eigenvalue weighted by Crippen LogP contribution is -2.05. The maximum atomic E-state index is 6.13. The summed E-state index contributed by atoms with van der Waals surface area (Å²) in [7, 11) is 0. The van der Waals surface area contributed by atoms with Crippen LogP contribution in [0.5, 0.6) is 5.75 Å². The monoisotopic (exact) mass is 363 g/mol. The summed E-state index contributed by atoms with van der Waals surface area (Å²) in [6.45, 7) is 2.87. The van der Waals surface area contributed by atoms with Crippen LogP contribution in [0.25, 0.3) is 0 Å². The summed E-state index contributed by atoms with van der Waals surface area (Å²) in [6.07, 6.45) is 5.24. The van der Waals surface area contributed by atoms with Crippen LogP contribution in [-0.4, -0.2) is 6.61 Å². The predicted octanol–water partition coefficient (Wildman–Crippen LogP) is 5.04. The van der Waals surface area contributed by atoms with E-state index in [1.54, 1.807) is 0 Å². The summed E-state index contributed by atoms with van der Waals surface area (Å²) in [5, 5.41) is 4.13. The van der Waals surface area contributed by atoms with Gasteiger partial charge in [0.25, 0.3) is 0 Å². The topological polar surface area (TPSA) is 21.3 Å². The first-order valence-electron chi connectivity index (χ1n) is 6.45. The highest BCUT2D eigenvalue weighted by Crippen LogP contribution is 2.27. The van der Waals surface area contributed by atoms with Crippen molar-refractivity contribution in [3.05, 3.63) is 57.0 Å². The fraction of sp³-hybridized carbons (Fsp3) is 0.176. The maximum absolute atomic E-state index is 6.13. The third-order valence-electron chi connectivity index (χ3n) is 3.07. The fourth-order valence-corrected chi connectivity index (χ4v) is 2.52. The van der Waals surface area contributed by atoms with Gasteiger partial charge in [0.05, 0.1) is 0 Å². The summed E-state index contributed by atoms with van der Waals surface area (Å²) >= 11 is 9.60. The molecule has 0 atom stereocenters. The molecule has 2 aromatic rings. The van der Waals surface area contributed by atoms with Crippen molar-refractivity contribution in [2.75, 3.05) is 11.9 Å². The van der Waals surface area contributed by atoms with E-state index in [4.69, 9.17) is 22.8 Å². The van der Waals surface area contributed by atoms with Crippen molar-refractivity contribution >= 4 is 33.2 Å². The van der Waals surface area contributed by atoms with Gasteiger partial charge in [-0.05, 0) is 42.8 Å². The molecule has 0 amide bonds. The van der Waals surface area contributed by atoms with Crippen LogP contribution in [0.2, 0.25) is 5.02 Å². The number of halogens is 2. The average Bonchev–Trinajstić information content (AvgIpc) is 2.48. The van der Waals surface area contributed by atoms with Crippen molar-refractivity contribution in [2.24, 2.45) is 0 Å². The Hall–Kier alpha value is -1.63. The van der Waals surface area contributed by atoms with Gasteiger partial charge in [-0.2, -0.15) is 0 Å². The van der Waals surface area contributed by atoms with Gasteiger partial charge >= 0.3 is 0 Å². The molecule has 2 nitrogen and oxygen atoms in total. The molecule has 0 unspecified atom stereocenters. The summed E-state index contributed by atoms with van der Waals surface area (Å²) in [5.41, 5.74) is 3.06. The normalized spacial score (nSPS) is 10.0. The van der Waals surface area contributed by atoms with Gasteiger partial charge in [0.1, 0.15) is 12.4 Å². The maximum Gasteiger partial charge on any atom is 0.148 e. The second kappa shape index (κ2) is 7.40. The molecule has 0 saturated carbocycles. The highest BCUT2D eigenvalue weighted by atomic mass is 79.9. The van der Waals surface area contributed by atoms with Gasteiger partial charge < -0.3 is 10.1 Å². The first-order chi connectivity index (χ1) is 10.1. The van der Waals surface area contributed by atoms with Crippen LogP contribution >= 0.6 is 27.5 Å². The van der Waals surface area contributed by atoms with E-state index >= 15 is 0 Å². The quantitative estimate of drug-likeness (QED) is 0.751. The first-order valence-corrected chi connectivity index (χ1v) is 7.62. The van der Waals surface area contributed by atoms with E-state index in [9.17, 15) is 0 Å². The van der Waals surface area contributed by atoms with Gasteiger partial charge in [0, 0.05) is 27.3 Å². The third kappa shape index (κ3) is 4.17. The molecule has 0 heterocycles. The lowest BCUT2D eigenvalue weighted by molar-refractivity contribution is 0.366. The lowest BCUT2D eigenvalue weighted by atomic mass is 10.1. The van der Waals surface area contributed by atoms with E-state index in [0.717, 1.165) is 32.1 Å². The summed E-state index contributed by atoms with van der Waals surface area (Å²) < 4.78 is 6.56. The van der Waals surface area contributed by atoms with Crippen molar-refractivity contribution in [1.82, 2.24) is 0 Å².